The van der Waals surface area contributed by atoms with E-state index < -0.39 is 13.7 Å². The van der Waals surface area contributed by atoms with E-state index in [-0.39, 0.29) is 17.7 Å². The number of benzene rings is 3. The van der Waals surface area contributed by atoms with Gasteiger partial charge in [-0.2, -0.15) is 0 Å². The maximum atomic E-state index is 13.4. The fourth-order valence-electron chi connectivity index (χ4n) is 5.71. The Morgan fingerprint density at radius 1 is 0.806 bits per heavy atom. The summed E-state index contributed by atoms with van der Waals surface area (Å²) in [5.74, 6) is -0.427. The Balaban J connectivity index is 1.90. The highest BCUT2D eigenvalue weighted by Gasteiger charge is 2.56. The van der Waals surface area contributed by atoms with E-state index in [0.29, 0.717) is 11.1 Å². The first kappa shape index (κ1) is 24.3. The monoisotopic (exact) mass is 498 g/mol. The number of rotatable bonds is 4. The van der Waals surface area contributed by atoms with Crippen molar-refractivity contribution in [1.29, 1.82) is 0 Å². The van der Waals surface area contributed by atoms with E-state index in [1.165, 1.54) is 10.4 Å². The Morgan fingerprint density at radius 3 is 1.81 bits per heavy atom. The summed E-state index contributed by atoms with van der Waals surface area (Å²) in [4.78, 5) is 30.6. The molecule has 0 saturated heterocycles. The molecular formula is C30H34N2O3Si. The third-order valence-corrected chi connectivity index (χ3v) is 11.3. The summed E-state index contributed by atoms with van der Waals surface area (Å²) >= 11 is 0. The average Bonchev–Trinajstić information content (AvgIpc) is 3.14. The number of nitrogens with zero attached hydrogens (tertiary/aromatic N) is 2. The summed E-state index contributed by atoms with van der Waals surface area (Å²) in [7, 11) is 5.99. The topological polar surface area (TPSA) is 49.9 Å². The molecular weight excluding hydrogens is 464 g/mol. The number of esters is 1. The molecule has 0 aromatic heterocycles. The van der Waals surface area contributed by atoms with Gasteiger partial charge in [-0.25, -0.2) is 4.79 Å². The minimum absolute atomic E-state index is 0.0594. The minimum atomic E-state index is -2.19. The van der Waals surface area contributed by atoms with Gasteiger partial charge in [-0.15, -0.1) is 0 Å². The molecule has 36 heavy (non-hydrogen) atoms. The molecule has 3 aromatic rings. The van der Waals surface area contributed by atoms with Crippen molar-refractivity contribution >= 4 is 41.6 Å². The van der Waals surface area contributed by atoms with Gasteiger partial charge in [-0.1, -0.05) is 45.1 Å². The van der Waals surface area contributed by atoms with Gasteiger partial charge in [0.05, 0.1) is 5.56 Å². The van der Waals surface area contributed by atoms with Gasteiger partial charge in [0.15, 0.2) is 11.4 Å². The average molecular weight is 499 g/mol. The van der Waals surface area contributed by atoms with Crippen molar-refractivity contribution < 1.29 is 14.3 Å². The van der Waals surface area contributed by atoms with Gasteiger partial charge in [0.1, 0.15) is 8.07 Å². The zero-order valence-corrected chi connectivity index (χ0v) is 23.4. The predicted octanol–water partition coefficient (Wildman–Crippen LogP) is 4.26. The number of ether oxygens (including phenoxy) is 1. The molecule has 0 atom stereocenters. The minimum Gasteiger partial charge on any atom is -0.441 e. The number of fused-ring (bicyclic) bond motifs is 6. The second kappa shape index (κ2) is 8.07. The number of hydrogen-bond acceptors (Lipinski definition) is 5. The highest BCUT2D eigenvalue weighted by molar-refractivity contribution is 7.01. The van der Waals surface area contributed by atoms with Gasteiger partial charge in [-0.05, 0) is 46.8 Å². The van der Waals surface area contributed by atoms with Crippen LogP contribution < -0.4 is 20.2 Å². The lowest BCUT2D eigenvalue weighted by molar-refractivity contribution is 0.0255. The number of carbonyl (C=O) groups excluding carboxylic acids is 2. The van der Waals surface area contributed by atoms with Crippen molar-refractivity contribution in [2.24, 2.45) is 5.92 Å². The van der Waals surface area contributed by atoms with Crippen LogP contribution in [0.1, 0.15) is 51.3 Å². The lowest BCUT2D eigenvalue weighted by Gasteiger charge is -2.44. The second-order valence-electron chi connectivity index (χ2n) is 11.2. The van der Waals surface area contributed by atoms with E-state index in [0.717, 1.165) is 28.1 Å². The predicted molar refractivity (Wildman–Crippen MR) is 149 cm³/mol. The quantitative estimate of drug-likeness (QED) is 0.306. The van der Waals surface area contributed by atoms with Crippen molar-refractivity contribution in [2.45, 2.75) is 32.5 Å². The van der Waals surface area contributed by atoms with E-state index in [1.807, 2.05) is 48.1 Å². The Morgan fingerprint density at radius 2 is 1.33 bits per heavy atom. The largest absolute Gasteiger partial charge is 0.441 e. The first-order valence-electron chi connectivity index (χ1n) is 12.5. The number of anilines is 2. The van der Waals surface area contributed by atoms with Crippen LogP contribution in [-0.2, 0) is 10.3 Å². The van der Waals surface area contributed by atoms with Crippen LogP contribution >= 0.6 is 0 Å². The third-order valence-electron chi connectivity index (χ3n) is 7.82. The van der Waals surface area contributed by atoms with Gasteiger partial charge >= 0.3 is 5.97 Å². The lowest BCUT2D eigenvalue weighted by Crippen LogP contribution is -2.63. The fraction of sp³-hybridized carbons (Fsp3) is 0.333. The Kier molecular flexibility index (Phi) is 5.45. The molecule has 0 unspecified atom stereocenters. The maximum absolute atomic E-state index is 13.4. The number of hydrogen-bond donors (Lipinski definition) is 0. The SMILES string of the molecule is CC(C)C(=O)c1ccc2c(c1)C1(OC2=O)c2ccc(N(C)C)cc2[Si](C)(C)c2cc(N(C)C)ccc21. The van der Waals surface area contributed by atoms with E-state index in [4.69, 9.17) is 4.74 Å². The summed E-state index contributed by atoms with van der Waals surface area (Å²) in [6.45, 7) is 8.54. The maximum Gasteiger partial charge on any atom is 0.340 e. The number of ketones is 1. The van der Waals surface area contributed by atoms with Gasteiger partial charge in [0, 0.05) is 67.7 Å². The van der Waals surface area contributed by atoms with Crippen molar-refractivity contribution in [3.05, 3.63) is 82.4 Å². The molecule has 2 aliphatic heterocycles. The molecule has 3 aromatic carbocycles. The Labute approximate surface area is 214 Å². The molecule has 5 nitrogen and oxygen atoms in total. The molecule has 0 bridgehead atoms. The third kappa shape index (κ3) is 3.27. The summed E-state index contributed by atoms with van der Waals surface area (Å²) in [6, 6.07) is 18.4. The Hall–Kier alpha value is -3.38. The van der Waals surface area contributed by atoms with Crippen LogP contribution in [0, 0.1) is 5.92 Å². The van der Waals surface area contributed by atoms with Crippen LogP contribution in [0.3, 0.4) is 0 Å². The van der Waals surface area contributed by atoms with E-state index in [2.05, 4.69) is 59.3 Å². The molecule has 0 aliphatic carbocycles. The van der Waals surface area contributed by atoms with Crippen molar-refractivity contribution in [3.63, 3.8) is 0 Å². The van der Waals surface area contributed by atoms with Crippen LogP contribution in [0.4, 0.5) is 11.4 Å². The van der Waals surface area contributed by atoms with Gasteiger partial charge in [0.25, 0.3) is 0 Å². The Bertz CT molecular complexity index is 1360. The molecule has 6 heteroatoms. The fourth-order valence-corrected chi connectivity index (χ4v) is 8.88. The van der Waals surface area contributed by atoms with Crippen LogP contribution in [0.5, 0.6) is 0 Å². The molecule has 0 radical (unpaired) electrons. The van der Waals surface area contributed by atoms with Crippen LogP contribution in [0.15, 0.2) is 54.6 Å². The van der Waals surface area contributed by atoms with E-state index >= 15 is 0 Å². The highest BCUT2D eigenvalue weighted by Crippen LogP contribution is 2.49. The van der Waals surface area contributed by atoms with Crippen molar-refractivity contribution in [1.82, 2.24) is 0 Å². The molecule has 0 fully saturated rings. The summed E-state index contributed by atoms with van der Waals surface area (Å²) in [5.41, 5.74) is 5.08. The van der Waals surface area contributed by atoms with Crippen LogP contribution in [0.2, 0.25) is 13.1 Å². The first-order valence-corrected chi connectivity index (χ1v) is 15.5. The second-order valence-corrected chi connectivity index (χ2v) is 15.6. The lowest BCUT2D eigenvalue weighted by atomic mass is 9.78. The molecule has 5 rings (SSSR count). The van der Waals surface area contributed by atoms with Crippen molar-refractivity contribution in [2.75, 3.05) is 38.0 Å². The molecule has 0 saturated carbocycles. The zero-order valence-electron chi connectivity index (χ0n) is 22.4. The molecule has 2 heterocycles. The number of carbonyl (C=O) groups is 2. The van der Waals surface area contributed by atoms with Gasteiger partial charge < -0.3 is 14.5 Å². The van der Waals surface area contributed by atoms with Gasteiger partial charge in [-0.3, -0.25) is 4.79 Å². The molecule has 0 amide bonds. The van der Waals surface area contributed by atoms with E-state index in [1.54, 1.807) is 12.1 Å². The highest BCUT2D eigenvalue weighted by atomic mass is 28.3. The normalized spacial score (nSPS) is 16.3. The molecule has 0 N–H and O–H groups in total. The molecule has 2 aliphatic rings. The van der Waals surface area contributed by atoms with Crippen LogP contribution in [0.25, 0.3) is 0 Å². The summed E-state index contributed by atoms with van der Waals surface area (Å²) in [5, 5.41) is 2.50. The molecule has 1 spiro atoms. The van der Waals surface area contributed by atoms with Crippen LogP contribution in [-0.4, -0.2) is 48.0 Å². The van der Waals surface area contributed by atoms with Crippen molar-refractivity contribution in [3.8, 4) is 0 Å². The summed E-state index contributed by atoms with van der Waals surface area (Å²) in [6.07, 6.45) is 0. The standard InChI is InChI=1S/C30H34N2O3Si/c1-18(2)28(33)19-9-12-22-25(15-19)30(35-29(22)34)23-13-10-20(31(3)4)16-26(23)36(7,8)27-17-21(32(5)6)11-14-24(27)30/h9-18H,1-8H3. The van der Waals surface area contributed by atoms with E-state index in [9.17, 15) is 9.59 Å². The van der Waals surface area contributed by atoms with Gasteiger partial charge in [0.2, 0.25) is 0 Å². The zero-order chi connectivity index (χ0) is 26.2. The number of Topliss-reactive ketones (excluding diaryl/α,β-unsaturated/α-hetero) is 1. The first-order chi connectivity index (χ1) is 16.9. The summed E-state index contributed by atoms with van der Waals surface area (Å²) < 4.78 is 6.45. The smallest absolute Gasteiger partial charge is 0.340 e. The molecule has 186 valence electrons.